The predicted molar refractivity (Wildman–Crippen MR) is 84.2 cm³/mol. The first-order valence-corrected chi connectivity index (χ1v) is 7.76. The molecular formula is C16H20ClN3. The summed E-state index contributed by atoms with van der Waals surface area (Å²) in [5, 5.41) is 4.83. The van der Waals surface area contributed by atoms with Gasteiger partial charge in [0.2, 0.25) is 5.28 Å². The van der Waals surface area contributed by atoms with Crippen LogP contribution in [0.25, 0.3) is 10.9 Å². The number of rotatable bonds is 3. The number of para-hydroxylation sites is 1. The maximum absolute atomic E-state index is 6.00. The highest BCUT2D eigenvalue weighted by molar-refractivity contribution is 6.28. The quantitative estimate of drug-likeness (QED) is 0.844. The van der Waals surface area contributed by atoms with Gasteiger partial charge in [-0.05, 0) is 48.4 Å². The highest BCUT2D eigenvalue weighted by Gasteiger charge is 2.18. The van der Waals surface area contributed by atoms with E-state index in [1.165, 1.54) is 25.7 Å². The Morgan fingerprint density at radius 3 is 2.70 bits per heavy atom. The number of nitrogens with one attached hydrogen (secondary N) is 1. The Hall–Kier alpha value is -1.35. The molecule has 4 heteroatoms. The lowest BCUT2D eigenvalue weighted by atomic mass is 9.83. The number of hydrogen-bond donors (Lipinski definition) is 1. The molecular weight excluding hydrogens is 270 g/mol. The molecule has 0 amide bonds. The average Bonchev–Trinajstić information content (AvgIpc) is 2.46. The van der Waals surface area contributed by atoms with E-state index in [0.29, 0.717) is 5.28 Å². The van der Waals surface area contributed by atoms with Gasteiger partial charge in [-0.3, -0.25) is 0 Å². The fraction of sp³-hybridized carbons (Fsp3) is 0.500. The molecule has 0 atom stereocenters. The van der Waals surface area contributed by atoms with Crippen LogP contribution in [0.15, 0.2) is 24.3 Å². The summed E-state index contributed by atoms with van der Waals surface area (Å²) in [4.78, 5) is 8.60. The zero-order valence-electron chi connectivity index (χ0n) is 11.8. The average molecular weight is 290 g/mol. The molecule has 0 saturated heterocycles. The SMILES string of the molecule is CC1CCC(CNc2nc(Cl)nc3ccccc23)CC1. The van der Waals surface area contributed by atoms with E-state index in [9.17, 15) is 0 Å². The highest BCUT2D eigenvalue weighted by atomic mass is 35.5. The molecule has 1 heterocycles. The van der Waals surface area contributed by atoms with Gasteiger partial charge < -0.3 is 5.32 Å². The summed E-state index contributed by atoms with van der Waals surface area (Å²) < 4.78 is 0. The first kappa shape index (κ1) is 13.6. The smallest absolute Gasteiger partial charge is 0.224 e. The highest BCUT2D eigenvalue weighted by Crippen LogP contribution is 2.29. The van der Waals surface area contributed by atoms with Crippen molar-refractivity contribution in [2.75, 3.05) is 11.9 Å². The van der Waals surface area contributed by atoms with Gasteiger partial charge in [0.25, 0.3) is 0 Å². The molecule has 20 heavy (non-hydrogen) atoms. The van der Waals surface area contributed by atoms with Crippen molar-refractivity contribution in [1.82, 2.24) is 9.97 Å². The normalized spacial score (nSPS) is 22.9. The maximum Gasteiger partial charge on any atom is 0.224 e. The number of aromatic nitrogens is 2. The molecule has 0 radical (unpaired) electrons. The van der Waals surface area contributed by atoms with Gasteiger partial charge in [-0.15, -0.1) is 0 Å². The number of nitrogens with zero attached hydrogens (tertiary/aromatic N) is 2. The van der Waals surface area contributed by atoms with Crippen molar-refractivity contribution in [3.63, 3.8) is 0 Å². The molecule has 3 rings (SSSR count). The molecule has 0 unspecified atom stereocenters. The molecule has 3 nitrogen and oxygen atoms in total. The van der Waals surface area contributed by atoms with E-state index < -0.39 is 0 Å². The van der Waals surface area contributed by atoms with Gasteiger partial charge in [0.1, 0.15) is 5.82 Å². The molecule has 1 aromatic carbocycles. The van der Waals surface area contributed by atoms with Crippen LogP contribution < -0.4 is 5.32 Å². The second-order valence-electron chi connectivity index (χ2n) is 5.87. The van der Waals surface area contributed by atoms with Gasteiger partial charge in [-0.2, -0.15) is 0 Å². The molecule has 1 aliphatic carbocycles. The Labute approximate surface area is 124 Å². The van der Waals surface area contributed by atoms with Gasteiger partial charge in [-0.1, -0.05) is 31.9 Å². The Balaban J connectivity index is 1.74. The van der Waals surface area contributed by atoms with Crippen LogP contribution in [0.1, 0.15) is 32.6 Å². The van der Waals surface area contributed by atoms with E-state index >= 15 is 0 Å². The van der Waals surface area contributed by atoms with Crippen molar-refractivity contribution in [3.8, 4) is 0 Å². The van der Waals surface area contributed by atoms with E-state index in [1.807, 2.05) is 24.3 Å². The van der Waals surface area contributed by atoms with Crippen LogP contribution in [-0.2, 0) is 0 Å². The van der Waals surface area contributed by atoms with Crippen molar-refractivity contribution in [2.45, 2.75) is 32.6 Å². The Morgan fingerprint density at radius 1 is 1.15 bits per heavy atom. The van der Waals surface area contributed by atoms with Gasteiger partial charge in [-0.25, -0.2) is 9.97 Å². The lowest BCUT2D eigenvalue weighted by molar-refractivity contribution is 0.300. The Kier molecular flexibility index (Phi) is 4.06. The van der Waals surface area contributed by atoms with Gasteiger partial charge in [0.05, 0.1) is 5.52 Å². The molecule has 1 fully saturated rings. The monoisotopic (exact) mass is 289 g/mol. The minimum Gasteiger partial charge on any atom is -0.369 e. The summed E-state index contributed by atoms with van der Waals surface area (Å²) in [6.07, 6.45) is 5.31. The molecule has 106 valence electrons. The summed E-state index contributed by atoms with van der Waals surface area (Å²) in [5.74, 6) is 2.50. The standard InChI is InChI=1S/C16H20ClN3/c1-11-6-8-12(9-7-11)10-18-15-13-4-2-3-5-14(13)19-16(17)20-15/h2-5,11-12H,6-10H2,1H3,(H,18,19,20). The first-order chi connectivity index (χ1) is 9.72. The van der Waals surface area contributed by atoms with Crippen LogP contribution in [0.3, 0.4) is 0 Å². The maximum atomic E-state index is 6.00. The first-order valence-electron chi connectivity index (χ1n) is 7.38. The fourth-order valence-electron chi connectivity index (χ4n) is 2.96. The third kappa shape index (κ3) is 3.04. The van der Waals surface area contributed by atoms with Crippen LogP contribution in [-0.4, -0.2) is 16.5 Å². The summed E-state index contributed by atoms with van der Waals surface area (Å²) in [6.45, 7) is 3.32. The summed E-state index contributed by atoms with van der Waals surface area (Å²) in [5.41, 5.74) is 0.896. The fourth-order valence-corrected chi connectivity index (χ4v) is 3.13. The zero-order valence-corrected chi connectivity index (χ0v) is 12.5. The van der Waals surface area contributed by atoms with E-state index in [-0.39, 0.29) is 0 Å². The van der Waals surface area contributed by atoms with Crippen LogP contribution in [0.4, 0.5) is 5.82 Å². The largest absolute Gasteiger partial charge is 0.369 e. The van der Waals surface area contributed by atoms with Gasteiger partial charge >= 0.3 is 0 Å². The lowest BCUT2D eigenvalue weighted by Crippen LogP contribution is -2.20. The number of benzene rings is 1. The summed E-state index contributed by atoms with van der Waals surface area (Å²) in [6, 6.07) is 7.98. The van der Waals surface area contributed by atoms with Crippen molar-refractivity contribution in [2.24, 2.45) is 11.8 Å². The summed E-state index contributed by atoms with van der Waals surface area (Å²) >= 11 is 6.00. The van der Waals surface area contributed by atoms with E-state index in [0.717, 1.165) is 35.1 Å². The predicted octanol–water partition coefficient (Wildman–Crippen LogP) is 4.52. The number of anilines is 1. The van der Waals surface area contributed by atoms with Crippen molar-refractivity contribution in [1.29, 1.82) is 0 Å². The van der Waals surface area contributed by atoms with Crippen molar-refractivity contribution >= 4 is 28.3 Å². The van der Waals surface area contributed by atoms with E-state index in [2.05, 4.69) is 22.2 Å². The minimum absolute atomic E-state index is 0.309. The molecule has 1 aromatic heterocycles. The van der Waals surface area contributed by atoms with Crippen LogP contribution in [0.5, 0.6) is 0 Å². The Bertz CT molecular complexity index is 591. The van der Waals surface area contributed by atoms with Crippen molar-refractivity contribution in [3.05, 3.63) is 29.5 Å². The number of hydrogen-bond acceptors (Lipinski definition) is 3. The topological polar surface area (TPSA) is 37.8 Å². The van der Waals surface area contributed by atoms with E-state index in [1.54, 1.807) is 0 Å². The van der Waals surface area contributed by atoms with Crippen LogP contribution in [0, 0.1) is 11.8 Å². The third-order valence-electron chi connectivity index (χ3n) is 4.27. The second kappa shape index (κ2) is 5.96. The molecule has 1 aliphatic rings. The van der Waals surface area contributed by atoms with Gasteiger partial charge in [0.15, 0.2) is 0 Å². The van der Waals surface area contributed by atoms with E-state index in [4.69, 9.17) is 11.6 Å². The van der Waals surface area contributed by atoms with Crippen LogP contribution >= 0.6 is 11.6 Å². The van der Waals surface area contributed by atoms with Gasteiger partial charge in [0, 0.05) is 11.9 Å². The Morgan fingerprint density at radius 2 is 1.90 bits per heavy atom. The number of halogens is 1. The molecule has 1 N–H and O–H groups in total. The molecule has 1 saturated carbocycles. The zero-order chi connectivity index (χ0) is 13.9. The third-order valence-corrected chi connectivity index (χ3v) is 4.44. The molecule has 2 aromatic rings. The van der Waals surface area contributed by atoms with Crippen LogP contribution in [0.2, 0.25) is 5.28 Å². The van der Waals surface area contributed by atoms with Crippen molar-refractivity contribution < 1.29 is 0 Å². The molecule has 0 aliphatic heterocycles. The molecule has 0 spiro atoms. The number of fused-ring (bicyclic) bond motifs is 1. The lowest BCUT2D eigenvalue weighted by Gasteiger charge is -2.26. The second-order valence-corrected chi connectivity index (χ2v) is 6.20. The summed E-state index contributed by atoms with van der Waals surface area (Å²) in [7, 11) is 0. The molecule has 0 bridgehead atoms. The minimum atomic E-state index is 0.309.